The van der Waals surface area contributed by atoms with E-state index < -0.39 is 6.10 Å². The fourth-order valence-corrected chi connectivity index (χ4v) is 2.25. The number of amides is 1. The van der Waals surface area contributed by atoms with Crippen molar-refractivity contribution in [2.24, 2.45) is 0 Å². The van der Waals surface area contributed by atoms with Crippen LogP contribution in [0.4, 0.5) is 0 Å². The molecule has 1 rings (SSSR count). The zero-order chi connectivity index (χ0) is 16.7. The summed E-state index contributed by atoms with van der Waals surface area (Å²) in [4.78, 5) is 24.7. The third-order valence-electron chi connectivity index (χ3n) is 3.02. The minimum absolute atomic E-state index is 0.198. The van der Waals surface area contributed by atoms with Crippen LogP contribution >= 0.6 is 23.2 Å². The number of ether oxygens (including phenoxy) is 2. The molecule has 1 amide bonds. The van der Waals surface area contributed by atoms with Gasteiger partial charge >= 0.3 is 5.97 Å². The topological polar surface area (TPSA) is 55.8 Å². The Kier molecular flexibility index (Phi) is 7.48. The molecule has 1 aromatic rings. The molecule has 122 valence electrons. The maximum absolute atomic E-state index is 12.2. The molecule has 1 unspecified atom stereocenters. The third kappa shape index (κ3) is 5.73. The lowest BCUT2D eigenvalue weighted by Crippen LogP contribution is -2.38. The van der Waals surface area contributed by atoms with Gasteiger partial charge in [-0.15, -0.1) is 0 Å². The van der Waals surface area contributed by atoms with E-state index in [0.29, 0.717) is 28.8 Å². The normalized spacial score (nSPS) is 11.7. The highest BCUT2D eigenvalue weighted by Crippen LogP contribution is 2.28. The van der Waals surface area contributed by atoms with Crippen LogP contribution in [0.2, 0.25) is 10.0 Å². The maximum atomic E-state index is 12.2. The molecule has 0 radical (unpaired) electrons. The zero-order valence-electron chi connectivity index (χ0n) is 12.8. The quantitative estimate of drug-likeness (QED) is 0.711. The molecule has 0 heterocycles. The summed E-state index contributed by atoms with van der Waals surface area (Å²) < 4.78 is 10.1. The van der Waals surface area contributed by atoms with Gasteiger partial charge in [0.15, 0.2) is 6.10 Å². The van der Waals surface area contributed by atoms with Crippen LogP contribution in [0.1, 0.15) is 19.8 Å². The Morgan fingerprint density at radius 3 is 2.59 bits per heavy atom. The van der Waals surface area contributed by atoms with Crippen molar-refractivity contribution in [3.63, 3.8) is 0 Å². The summed E-state index contributed by atoms with van der Waals surface area (Å²) >= 11 is 11.8. The molecule has 0 N–H and O–H groups in total. The fraction of sp³-hybridized carbons (Fsp3) is 0.467. The molecular weight excluding hydrogens is 329 g/mol. The molecule has 5 nitrogen and oxygen atoms in total. The van der Waals surface area contributed by atoms with E-state index in [1.807, 2.05) is 0 Å². The van der Waals surface area contributed by atoms with Crippen LogP contribution in [0.3, 0.4) is 0 Å². The second-order valence-electron chi connectivity index (χ2n) is 4.77. The Bertz CT molecular complexity index is 536. The number of carbonyl (C=O) groups is 2. The van der Waals surface area contributed by atoms with Gasteiger partial charge in [-0.1, -0.05) is 23.2 Å². The molecule has 0 aromatic heterocycles. The Morgan fingerprint density at radius 2 is 2.00 bits per heavy atom. The lowest BCUT2D eigenvalue weighted by atomic mass is 10.2. The van der Waals surface area contributed by atoms with E-state index in [1.165, 1.54) is 12.0 Å². The van der Waals surface area contributed by atoms with Gasteiger partial charge in [-0.05, 0) is 31.5 Å². The number of rotatable bonds is 7. The van der Waals surface area contributed by atoms with E-state index in [2.05, 4.69) is 4.74 Å². The predicted molar refractivity (Wildman–Crippen MR) is 85.4 cm³/mol. The van der Waals surface area contributed by atoms with Gasteiger partial charge in [0.25, 0.3) is 5.91 Å². The molecule has 0 aliphatic heterocycles. The standard InChI is InChI=1S/C15H19Cl2NO4/c1-10(22-13-7-6-11(16)9-12(13)17)15(20)18(2)8-4-5-14(19)21-3/h6-7,9-10H,4-5,8H2,1-3H3. The van der Waals surface area contributed by atoms with Crippen molar-refractivity contribution < 1.29 is 19.1 Å². The van der Waals surface area contributed by atoms with Crippen LogP contribution in [0.5, 0.6) is 5.75 Å². The number of methoxy groups -OCH3 is 1. The predicted octanol–water partition coefficient (Wildman–Crippen LogP) is 3.17. The number of halogens is 2. The first-order valence-electron chi connectivity index (χ1n) is 6.78. The van der Waals surface area contributed by atoms with Gasteiger partial charge in [0, 0.05) is 25.0 Å². The van der Waals surface area contributed by atoms with Crippen molar-refractivity contribution >= 4 is 35.1 Å². The number of esters is 1. The van der Waals surface area contributed by atoms with E-state index in [-0.39, 0.29) is 18.3 Å². The van der Waals surface area contributed by atoms with Gasteiger partial charge < -0.3 is 14.4 Å². The number of nitrogens with zero attached hydrogens (tertiary/aromatic N) is 1. The number of carbonyl (C=O) groups excluding carboxylic acids is 2. The summed E-state index contributed by atoms with van der Waals surface area (Å²) in [6.07, 6.45) is 0.109. The van der Waals surface area contributed by atoms with Crippen molar-refractivity contribution in [3.8, 4) is 5.75 Å². The average Bonchev–Trinajstić information content (AvgIpc) is 2.48. The lowest BCUT2D eigenvalue weighted by Gasteiger charge is -2.22. The first-order chi connectivity index (χ1) is 10.3. The van der Waals surface area contributed by atoms with E-state index in [1.54, 1.807) is 32.2 Å². The molecule has 0 saturated carbocycles. The molecule has 0 fully saturated rings. The Morgan fingerprint density at radius 1 is 1.32 bits per heavy atom. The molecule has 1 atom stereocenters. The molecule has 0 bridgehead atoms. The largest absolute Gasteiger partial charge is 0.479 e. The summed E-state index contributed by atoms with van der Waals surface area (Å²) in [5.41, 5.74) is 0. The molecule has 0 saturated heterocycles. The van der Waals surface area contributed by atoms with Crippen LogP contribution in [-0.2, 0) is 14.3 Å². The number of hydrogen-bond donors (Lipinski definition) is 0. The molecule has 22 heavy (non-hydrogen) atoms. The minimum atomic E-state index is -0.693. The third-order valence-corrected chi connectivity index (χ3v) is 3.55. The zero-order valence-corrected chi connectivity index (χ0v) is 14.3. The van der Waals surface area contributed by atoms with Gasteiger partial charge in [-0.2, -0.15) is 0 Å². The molecule has 0 spiro atoms. The highest BCUT2D eigenvalue weighted by molar-refractivity contribution is 6.35. The number of hydrogen-bond acceptors (Lipinski definition) is 4. The first-order valence-corrected chi connectivity index (χ1v) is 7.54. The van der Waals surface area contributed by atoms with Gasteiger partial charge in [0.2, 0.25) is 0 Å². The minimum Gasteiger partial charge on any atom is -0.479 e. The van der Waals surface area contributed by atoms with Gasteiger partial charge in [-0.3, -0.25) is 9.59 Å². The van der Waals surface area contributed by atoms with Crippen molar-refractivity contribution in [3.05, 3.63) is 28.2 Å². The Hall–Kier alpha value is -1.46. The molecule has 0 aliphatic carbocycles. The van der Waals surface area contributed by atoms with Crippen LogP contribution in [0, 0.1) is 0 Å². The first kappa shape index (κ1) is 18.6. The van der Waals surface area contributed by atoms with Crippen LogP contribution < -0.4 is 4.74 Å². The molecule has 1 aromatic carbocycles. The maximum Gasteiger partial charge on any atom is 0.305 e. The van der Waals surface area contributed by atoms with Crippen molar-refractivity contribution in [1.29, 1.82) is 0 Å². The SMILES string of the molecule is COC(=O)CCCN(C)C(=O)C(C)Oc1ccc(Cl)cc1Cl. The summed E-state index contributed by atoms with van der Waals surface area (Å²) in [5, 5.41) is 0.844. The highest BCUT2D eigenvalue weighted by Gasteiger charge is 2.20. The van der Waals surface area contributed by atoms with E-state index in [4.69, 9.17) is 27.9 Å². The van der Waals surface area contributed by atoms with Gasteiger partial charge in [-0.25, -0.2) is 0 Å². The summed E-state index contributed by atoms with van der Waals surface area (Å²) in [5.74, 6) is -0.0937. The van der Waals surface area contributed by atoms with Crippen molar-refractivity contribution in [2.45, 2.75) is 25.9 Å². The van der Waals surface area contributed by atoms with Gasteiger partial charge in [0.05, 0.1) is 12.1 Å². The summed E-state index contributed by atoms with van der Waals surface area (Å²) in [6, 6.07) is 4.81. The van der Waals surface area contributed by atoms with Crippen molar-refractivity contribution in [2.75, 3.05) is 20.7 Å². The average molecular weight is 348 g/mol. The van der Waals surface area contributed by atoms with E-state index >= 15 is 0 Å². The number of benzene rings is 1. The van der Waals surface area contributed by atoms with Crippen LogP contribution in [-0.4, -0.2) is 43.6 Å². The fourth-order valence-electron chi connectivity index (χ4n) is 1.79. The molecule has 7 heteroatoms. The van der Waals surface area contributed by atoms with E-state index in [0.717, 1.165) is 0 Å². The molecule has 0 aliphatic rings. The second kappa shape index (κ2) is 8.86. The smallest absolute Gasteiger partial charge is 0.305 e. The van der Waals surface area contributed by atoms with E-state index in [9.17, 15) is 9.59 Å². The van der Waals surface area contributed by atoms with Gasteiger partial charge in [0.1, 0.15) is 5.75 Å². The summed E-state index contributed by atoms with van der Waals surface area (Å²) in [7, 11) is 2.99. The second-order valence-corrected chi connectivity index (χ2v) is 5.62. The van der Waals surface area contributed by atoms with Crippen LogP contribution in [0.25, 0.3) is 0 Å². The van der Waals surface area contributed by atoms with Crippen molar-refractivity contribution in [1.82, 2.24) is 4.90 Å². The van der Waals surface area contributed by atoms with Crippen LogP contribution in [0.15, 0.2) is 18.2 Å². The number of likely N-dealkylation sites (N-methyl/N-ethyl adjacent to an activating group) is 1. The summed E-state index contributed by atoms with van der Waals surface area (Å²) in [6.45, 7) is 2.08. The highest BCUT2D eigenvalue weighted by atomic mass is 35.5. The Balaban J connectivity index is 2.51. The monoisotopic (exact) mass is 347 g/mol. The molecular formula is C15H19Cl2NO4. The Labute approximate surface area is 140 Å². The lowest BCUT2D eigenvalue weighted by molar-refractivity contribution is -0.142.